The van der Waals surface area contributed by atoms with Gasteiger partial charge in [0, 0.05) is 19.6 Å². The van der Waals surface area contributed by atoms with Gasteiger partial charge in [0.2, 0.25) is 5.91 Å². The molecule has 2 heterocycles. The summed E-state index contributed by atoms with van der Waals surface area (Å²) in [6, 6.07) is 10.3. The predicted octanol–water partition coefficient (Wildman–Crippen LogP) is 2.34. The monoisotopic (exact) mass is 486 g/mol. The number of unbranched alkanes of at least 4 members (excludes halogenated alkanes) is 1. The molecule has 2 atom stereocenters. The van der Waals surface area contributed by atoms with Gasteiger partial charge in [0.25, 0.3) is 0 Å². The van der Waals surface area contributed by atoms with Gasteiger partial charge in [0.15, 0.2) is 0 Å². The molecule has 1 aliphatic rings. The molecule has 32 heavy (non-hydrogen) atoms. The normalized spacial score (nSPS) is 16.7. The van der Waals surface area contributed by atoms with Crippen LogP contribution in [0, 0.1) is 6.92 Å². The molecule has 5 N–H and O–H groups in total. The number of carboxylic acid groups (broad SMARTS) is 1. The highest BCUT2D eigenvalue weighted by molar-refractivity contribution is 5.85. The molecule has 1 aromatic heterocycles. The first-order chi connectivity index (χ1) is 14.4. The lowest BCUT2D eigenvalue weighted by Crippen LogP contribution is -2.55. The van der Waals surface area contributed by atoms with E-state index in [0.29, 0.717) is 19.5 Å². The summed E-state index contributed by atoms with van der Waals surface area (Å²) in [4.78, 5) is 27.9. The average Bonchev–Trinajstić information content (AvgIpc) is 3.15. The van der Waals surface area contributed by atoms with E-state index < -0.39 is 18.2 Å². The van der Waals surface area contributed by atoms with Crippen molar-refractivity contribution in [3.05, 3.63) is 47.8 Å². The Bertz CT molecular complexity index is 880. The summed E-state index contributed by atoms with van der Waals surface area (Å²) < 4.78 is 1.76. The van der Waals surface area contributed by atoms with Gasteiger partial charge in [-0.25, -0.2) is 9.48 Å². The van der Waals surface area contributed by atoms with Gasteiger partial charge in [-0.1, -0.05) is 24.6 Å². The molecule has 1 aliphatic heterocycles. The summed E-state index contributed by atoms with van der Waals surface area (Å²) in [6.45, 7) is 3.23. The number of piperazine rings is 1. The molecule has 2 aromatic rings. The number of hydrogen-bond acceptors (Lipinski definition) is 5. The number of aryl methyl sites for hydroxylation is 1. The summed E-state index contributed by atoms with van der Waals surface area (Å²) in [5.41, 5.74) is 14.0. The van der Waals surface area contributed by atoms with Crippen molar-refractivity contribution in [3.63, 3.8) is 0 Å². The van der Waals surface area contributed by atoms with Crippen molar-refractivity contribution in [2.24, 2.45) is 11.5 Å². The Balaban J connectivity index is 0.00000256. The zero-order valence-corrected chi connectivity index (χ0v) is 19.7. The van der Waals surface area contributed by atoms with E-state index in [-0.39, 0.29) is 43.8 Å². The number of hydrogen-bond donors (Lipinski definition) is 3. The second-order valence-electron chi connectivity index (χ2n) is 7.62. The lowest BCUT2D eigenvalue weighted by atomic mass is 10.0. The van der Waals surface area contributed by atoms with Gasteiger partial charge in [-0.05, 0) is 44.5 Å². The summed E-state index contributed by atoms with van der Waals surface area (Å²) in [5, 5.41) is 14.3. The molecule has 0 radical (unpaired) electrons. The standard InChI is InChI=1S/C21H30N6O3.2ClH/c1-15-13-18(27(24-15)16-7-3-2-4-8-16)19-14-25(11-12-26(19)21(29)30)20(28)17(23)9-5-6-10-22;;/h2-4,7-8,13,17,19H,5-6,9-12,14,22-23H2,1H3,(H,29,30);2*1H. The fourth-order valence-corrected chi connectivity index (χ4v) is 3.86. The highest BCUT2D eigenvalue weighted by Gasteiger charge is 2.36. The topological polar surface area (TPSA) is 131 Å². The number of aromatic nitrogens is 2. The number of nitrogens with zero attached hydrogens (tertiary/aromatic N) is 4. The SMILES string of the molecule is Cc1cc(C2CN(C(=O)C(N)CCCCN)CCN2C(=O)O)n(-c2ccccc2)n1.Cl.Cl. The minimum atomic E-state index is -1.02. The molecule has 2 unspecified atom stereocenters. The third-order valence-corrected chi connectivity index (χ3v) is 5.43. The number of rotatable bonds is 7. The van der Waals surface area contributed by atoms with E-state index in [9.17, 15) is 14.7 Å². The van der Waals surface area contributed by atoms with Crippen LogP contribution in [0.4, 0.5) is 4.79 Å². The van der Waals surface area contributed by atoms with Crippen LogP contribution in [0.2, 0.25) is 0 Å². The Morgan fingerprint density at radius 1 is 1.19 bits per heavy atom. The summed E-state index contributed by atoms with van der Waals surface area (Å²) >= 11 is 0. The number of amides is 2. The smallest absolute Gasteiger partial charge is 0.407 e. The maximum absolute atomic E-state index is 12.9. The van der Waals surface area contributed by atoms with Crippen molar-refractivity contribution >= 4 is 36.8 Å². The molecule has 0 saturated carbocycles. The Morgan fingerprint density at radius 3 is 2.50 bits per heavy atom. The van der Waals surface area contributed by atoms with Crippen molar-refractivity contribution in [1.82, 2.24) is 19.6 Å². The number of nitrogens with two attached hydrogens (primary N) is 2. The van der Waals surface area contributed by atoms with E-state index in [1.807, 2.05) is 43.3 Å². The van der Waals surface area contributed by atoms with Crippen molar-refractivity contribution < 1.29 is 14.7 Å². The summed E-state index contributed by atoms with van der Waals surface area (Å²) in [5.74, 6) is -0.149. The van der Waals surface area contributed by atoms with Crippen LogP contribution in [0.1, 0.15) is 36.7 Å². The number of benzene rings is 1. The first-order valence-corrected chi connectivity index (χ1v) is 10.3. The minimum absolute atomic E-state index is 0. The molecule has 0 spiro atoms. The largest absolute Gasteiger partial charge is 0.465 e. The molecule has 9 nitrogen and oxygen atoms in total. The van der Waals surface area contributed by atoms with E-state index >= 15 is 0 Å². The molecule has 178 valence electrons. The number of para-hydroxylation sites is 1. The molecular formula is C21H32Cl2N6O3. The van der Waals surface area contributed by atoms with Gasteiger partial charge in [-0.15, -0.1) is 24.8 Å². The average molecular weight is 487 g/mol. The fraction of sp³-hybridized carbons (Fsp3) is 0.476. The number of carbonyl (C=O) groups is 2. The second-order valence-corrected chi connectivity index (χ2v) is 7.62. The first-order valence-electron chi connectivity index (χ1n) is 10.3. The number of halogens is 2. The van der Waals surface area contributed by atoms with Gasteiger partial charge in [0.05, 0.1) is 29.2 Å². The van der Waals surface area contributed by atoms with E-state index in [1.165, 1.54) is 4.90 Å². The molecule has 1 aromatic carbocycles. The molecule has 11 heteroatoms. The third kappa shape index (κ3) is 6.35. The molecule has 1 saturated heterocycles. The van der Waals surface area contributed by atoms with Gasteiger partial charge in [-0.3, -0.25) is 9.69 Å². The Labute approximate surface area is 200 Å². The van der Waals surface area contributed by atoms with Crippen LogP contribution in [0.3, 0.4) is 0 Å². The maximum Gasteiger partial charge on any atom is 0.407 e. The second kappa shape index (κ2) is 12.6. The van der Waals surface area contributed by atoms with E-state index in [1.54, 1.807) is 9.58 Å². The van der Waals surface area contributed by atoms with Gasteiger partial charge < -0.3 is 21.5 Å². The van der Waals surface area contributed by atoms with Crippen LogP contribution in [0.15, 0.2) is 36.4 Å². The quantitative estimate of drug-likeness (QED) is 0.514. The molecule has 2 amide bonds. The zero-order valence-electron chi connectivity index (χ0n) is 18.1. The van der Waals surface area contributed by atoms with Crippen LogP contribution < -0.4 is 11.5 Å². The van der Waals surface area contributed by atoms with Gasteiger partial charge in [0.1, 0.15) is 0 Å². The van der Waals surface area contributed by atoms with E-state index in [4.69, 9.17) is 11.5 Å². The van der Waals surface area contributed by atoms with Crippen LogP contribution in [-0.2, 0) is 4.79 Å². The Kier molecular flexibility index (Phi) is 10.9. The lowest BCUT2D eigenvalue weighted by molar-refractivity contribution is -0.135. The summed E-state index contributed by atoms with van der Waals surface area (Å²) in [6.07, 6.45) is 1.17. The van der Waals surface area contributed by atoms with Crippen molar-refractivity contribution in [3.8, 4) is 5.69 Å². The molecular weight excluding hydrogens is 455 g/mol. The Hall–Kier alpha value is -2.33. The van der Waals surface area contributed by atoms with Crippen LogP contribution >= 0.6 is 24.8 Å². The van der Waals surface area contributed by atoms with Crippen molar-refractivity contribution in [2.75, 3.05) is 26.2 Å². The molecule has 1 fully saturated rings. The van der Waals surface area contributed by atoms with Gasteiger partial charge >= 0.3 is 6.09 Å². The molecule has 0 aliphatic carbocycles. The fourth-order valence-electron chi connectivity index (χ4n) is 3.86. The van der Waals surface area contributed by atoms with Crippen LogP contribution in [0.5, 0.6) is 0 Å². The molecule has 3 rings (SSSR count). The van der Waals surface area contributed by atoms with Gasteiger partial charge in [-0.2, -0.15) is 5.10 Å². The maximum atomic E-state index is 12.9. The predicted molar refractivity (Wildman–Crippen MR) is 128 cm³/mol. The van der Waals surface area contributed by atoms with E-state index in [2.05, 4.69) is 5.10 Å². The van der Waals surface area contributed by atoms with Crippen LogP contribution in [-0.4, -0.2) is 68.9 Å². The lowest BCUT2D eigenvalue weighted by Gasteiger charge is -2.40. The number of carbonyl (C=O) groups excluding carboxylic acids is 1. The summed E-state index contributed by atoms with van der Waals surface area (Å²) in [7, 11) is 0. The zero-order chi connectivity index (χ0) is 21.7. The molecule has 0 bridgehead atoms. The highest BCUT2D eigenvalue weighted by Crippen LogP contribution is 2.28. The van der Waals surface area contributed by atoms with Crippen molar-refractivity contribution in [1.29, 1.82) is 0 Å². The first kappa shape index (κ1) is 27.7. The highest BCUT2D eigenvalue weighted by atomic mass is 35.5. The third-order valence-electron chi connectivity index (χ3n) is 5.43. The Morgan fingerprint density at radius 2 is 1.88 bits per heavy atom. The van der Waals surface area contributed by atoms with Crippen LogP contribution in [0.25, 0.3) is 5.69 Å². The van der Waals surface area contributed by atoms with E-state index in [0.717, 1.165) is 29.9 Å². The van der Waals surface area contributed by atoms with Crippen molar-refractivity contribution in [2.45, 2.75) is 38.3 Å². The minimum Gasteiger partial charge on any atom is -0.465 e.